The van der Waals surface area contributed by atoms with Crippen LogP contribution in [0.4, 0.5) is 4.39 Å². The number of ether oxygens (including phenoxy) is 1. The van der Waals surface area contributed by atoms with Crippen LogP contribution in [0.25, 0.3) is 0 Å². The quantitative estimate of drug-likeness (QED) is 0.578. The first-order valence-electron chi connectivity index (χ1n) is 12.2. The first kappa shape index (κ1) is 20.3. The standard InChI is InChI=1S/C26H36FNO2/c1-17-9-19-10-18(2)14-26(13-17,15-19)16-30-24-12-23(27)22(11-21(24)20-5-6-20)25(29)28-7-3-4-8-28/h11-12,17-20H,3-10,13-16H2,1-2H3. The van der Waals surface area contributed by atoms with E-state index in [0.717, 1.165) is 62.1 Å². The molecule has 0 radical (unpaired) electrons. The van der Waals surface area contributed by atoms with Crippen LogP contribution in [-0.4, -0.2) is 30.5 Å². The van der Waals surface area contributed by atoms with Crippen LogP contribution in [0, 0.1) is 29.0 Å². The lowest BCUT2D eigenvalue weighted by molar-refractivity contribution is -0.0167. The van der Waals surface area contributed by atoms with Gasteiger partial charge in [0.05, 0.1) is 12.2 Å². The minimum atomic E-state index is -0.421. The number of hydrogen-bond donors (Lipinski definition) is 0. The van der Waals surface area contributed by atoms with Gasteiger partial charge in [-0.15, -0.1) is 0 Å². The van der Waals surface area contributed by atoms with Crippen LogP contribution in [0.15, 0.2) is 12.1 Å². The van der Waals surface area contributed by atoms with E-state index >= 15 is 4.39 Å². The molecule has 4 heteroatoms. The maximum absolute atomic E-state index is 15.0. The Morgan fingerprint density at radius 1 is 1.10 bits per heavy atom. The van der Waals surface area contributed by atoms with Gasteiger partial charge in [-0.2, -0.15) is 0 Å². The van der Waals surface area contributed by atoms with Gasteiger partial charge in [0.1, 0.15) is 11.6 Å². The fraction of sp³-hybridized carbons (Fsp3) is 0.731. The maximum atomic E-state index is 15.0. The molecule has 2 unspecified atom stereocenters. The number of rotatable bonds is 5. The van der Waals surface area contributed by atoms with Crippen molar-refractivity contribution < 1.29 is 13.9 Å². The molecule has 1 aromatic carbocycles. The van der Waals surface area contributed by atoms with E-state index in [0.29, 0.717) is 18.3 Å². The van der Waals surface area contributed by atoms with Gasteiger partial charge < -0.3 is 9.64 Å². The van der Waals surface area contributed by atoms with Gasteiger partial charge in [-0.25, -0.2) is 4.39 Å². The van der Waals surface area contributed by atoms with Crippen molar-refractivity contribution >= 4 is 5.91 Å². The Hall–Kier alpha value is -1.58. The summed E-state index contributed by atoms with van der Waals surface area (Å²) in [5.41, 5.74) is 1.53. The number of benzene rings is 1. The number of halogens is 1. The van der Waals surface area contributed by atoms with Crippen LogP contribution >= 0.6 is 0 Å². The fourth-order valence-electron chi connectivity index (χ4n) is 6.98. The Morgan fingerprint density at radius 3 is 2.40 bits per heavy atom. The molecule has 0 spiro atoms. The van der Waals surface area contributed by atoms with E-state index in [-0.39, 0.29) is 16.9 Å². The van der Waals surface area contributed by atoms with Crippen molar-refractivity contribution in [1.29, 1.82) is 0 Å². The van der Waals surface area contributed by atoms with E-state index in [1.165, 1.54) is 38.2 Å². The third kappa shape index (κ3) is 3.99. The second-order valence-corrected chi connectivity index (χ2v) is 11.1. The molecule has 3 nitrogen and oxygen atoms in total. The number of carbonyl (C=O) groups excluding carboxylic acids is 1. The number of likely N-dealkylation sites (tertiary alicyclic amines) is 1. The molecular weight excluding hydrogens is 377 g/mol. The average molecular weight is 414 g/mol. The van der Waals surface area contributed by atoms with Gasteiger partial charge in [-0.3, -0.25) is 4.79 Å². The molecule has 3 saturated carbocycles. The highest BCUT2D eigenvalue weighted by Gasteiger charge is 2.45. The lowest BCUT2D eigenvalue weighted by atomic mass is 9.57. The Kier molecular flexibility index (Phi) is 5.31. The number of amides is 1. The summed E-state index contributed by atoms with van der Waals surface area (Å²) in [7, 11) is 0. The van der Waals surface area contributed by atoms with Gasteiger partial charge in [0, 0.05) is 24.6 Å². The molecule has 4 fully saturated rings. The number of nitrogens with zero attached hydrogens (tertiary/aromatic N) is 1. The van der Waals surface area contributed by atoms with E-state index in [4.69, 9.17) is 4.74 Å². The summed E-state index contributed by atoms with van der Waals surface area (Å²) in [6.07, 6.45) is 10.7. The summed E-state index contributed by atoms with van der Waals surface area (Å²) in [5, 5.41) is 0. The molecule has 1 heterocycles. The fourth-order valence-corrected chi connectivity index (χ4v) is 6.98. The number of carbonyl (C=O) groups is 1. The van der Waals surface area contributed by atoms with Crippen molar-refractivity contribution in [1.82, 2.24) is 4.90 Å². The molecular formula is C26H36FNO2. The van der Waals surface area contributed by atoms with Crippen molar-refractivity contribution in [2.45, 2.75) is 77.6 Å². The molecule has 4 aliphatic rings. The van der Waals surface area contributed by atoms with Crippen LogP contribution in [0.2, 0.25) is 0 Å². The van der Waals surface area contributed by atoms with E-state index in [2.05, 4.69) is 13.8 Å². The van der Waals surface area contributed by atoms with Gasteiger partial charge in [0.25, 0.3) is 5.91 Å². The summed E-state index contributed by atoms with van der Waals surface area (Å²) in [6.45, 7) is 6.94. The molecule has 164 valence electrons. The smallest absolute Gasteiger partial charge is 0.256 e. The summed E-state index contributed by atoms with van der Waals surface area (Å²) >= 11 is 0. The molecule has 1 aromatic rings. The van der Waals surface area contributed by atoms with Gasteiger partial charge in [-0.1, -0.05) is 13.8 Å². The van der Waals surface area contributed by atoms with Crippen molar-refractivity contribution in [3.8, 4) is 5.75 Å². The second-order valence-electron chi connectivity index (χ2n) is 11.1. The molecule has 2 bridgehead atoms. The summed E-state index contributed by atoms with van der Waals surface area (Å²) in [4.78, 5) is 14.6. The molecule has 30 heavy (non-hydrogen) atoms. The van der Waals surface area contributed by atoms with Gasteiger partial charge >= 0.3 is 0 Å². The van der Waals surface area contributed by atoms with E-state index in [9.17, 15) is 4.79 Å². The highest BCUT2D eigenvalue weighted by Crippen LogP contribution is 2.53. The highest BCUT2D eigenvalue weighted by atomic mass is 19.1. The number of hydrogen-bond acceptors (Lipinski definition) is 2. The van der Waals surface area contributed by atoms with Crippen LogP contribution in [-0.2, 0) is 0 Å². The Morgan fingerprint density at radius 2 is 1.77 bits per heavy atom. The Bertz CT molecular complexity index is 792. The van der Waals surface area contributed by atoms with Crippen LogP contribution in [0.3, 0.4) is 0 Å². The zero-order chi connectivity index (χ0) is 20.9. The lowest BCUT2D eigenvalue weighted by Crippen LogP contribution is -2.43. The third-order valence-corrected chi connectivity index (χ3v) is 8.03. The predicted octanol–water partition coefficient (Wildman–Crippen LogP) is 6.17. The normalized spacial score (nSPS) is 33.6. The SMILES string of the molecule is CC1CC2CC(C)CC(COc3cc(F)c(C(=O)N4CCCC4)cc3C3CC3)(C1)C2. The molecule has 2 atom stereocenters. The summed E-state index contributed by atoms with van der Waals surface area (Å²) < 4.78 is 21.5. The summed E-state index contributed by atoms with van der Waals surface area (Å²) in [5.74, 6) is 2.86. The Balaban J connectivity index is 1.38. The highest BCUT2D eigenvalue weighted by molar-refractivity contribution is 5.95. The Labute approximate surface area is 180 Å². The predicted molar refractivity (Wildman–Crippen MR) is 116 cm³/mol. The molecule has 1 amide bonds. The van der Waals surface area contributed by atoms with Crippen molar-refractivity contribution in [2.75, 3.05) is 19.7 Å². The van der Waals surface area contributed by atoms with Crippen LogP contribution in [0.5, 0.6) is 5.75 Å². The topological polar surface area (TPSA) is 29.5 Å². The van der Waals surface area contributed by atoms with Gasteiger partial charge in [-0.05, 0) is 93.1 Å². The van der Waals surface area contributed by atoms with E-state index in [1.807, 2.05) is 6.07 Å². The first-order valence-corrected chi connectivity index (χ1v) is 12.2. The zero-order valence-corrected chi connectivity index (χ0v) is 18.6. The third-order valence-electron chi connectivity index (χ3n) is 8.03. The summed E-state index contributed by atoms with van der Waals surface area (Å²) in [6, 6.07) is 3.33. The second kappa shape index (κ2) is 7.84. The van der Waals surface area contributed by atoms with Crippen molar-refractivity contribution in [2.24, 2.45) is 23.2 Å². The monoisotopic (exact) mass is 413 g/mol. The molecule has 3 aliphatic carbocycles. The average Bonchev–Trinajstić information content (AvgIpc) is 3.37. The largest absolute Gasteiger partial charge is 0.493 e. The zero-order valence-electron chi connectivity index (χ0n) is 18.6. The maximum Gasteiger partial charge on any atom is 0.256 e. The minimum absolute atomic E-state index is 0.151. The van der Waals surface area contributed by atoms with Crippen LogP contribution in [0.1, 0.15) is 93.5 Å². The van der Waals surface area contributed by atoms with E-state index < -0.39 is 5.82 Å². The molecule has 5 rings (SSSR count). The molecule has 1 aliphatic heterocycles. The molecule has 1 saturated heterocycles. The van der Waals surface area contributed by atoms with Crippen LogP contribution < -0.4 is 4.74 Å². The minimum Gasteiger partial charge on any atom is -0.493 e. The molecule has 0 aromatic heterocycles. The first-order chi connectivity index (χ1) is 14.4. The van der Waals surface area contributed by atoms with Crippen molar-refractivity contribution in [3.05, 3.63) is 29.1 Å². The van der Waals surface area contributed by atoms with Crippen molar-refractivity contribution in [3.63, 3.8) is 0 Å². The lowest BCUT2D eigenvalue weighted by Gasteiger charge is -2.49. The number of fused-ring (bicyclic) bond motifs is 2. The van der Waals surface area contributed by atoms with E-state index in [1.54, 1.807) is 4.90 Å². The van der Waals surface area contributed by atoms with Gasteiger partial charge in [0.2, 0.25) is 0 Å². The molecule has 0 N–H and O–H groups in total. The van der Waals surface area contributed by atoms with Gasteiger partial charge in [0.15, 0.2) is 0 Å².